The number of halogens is 1. The molecule has 122 valence electrons. The van der Waals surface area contributed by atoms with Gasteiger partial charge in [0.25, 0.3) is 0 Å². The predicted octanol–water partition coefficient (Wildman–Crippen LogP) is 3.65. The SMILES string of the molecule is CC(C)(CNC(=O)CCc1ccc(Cl)cc1)N1CCCCC1. The topological polar surface area (TPSA) is 32.3 Å². The molecule has 0 bridgehead atoms. The molecule has 0 spiro atoms. The Balaban J connectivity index is 1.73. The number of benzene rings is 1. The molecule has 0 unspecified atom stereocenters. The zero-order valence-corrected chi connectivity index (χ0v) is 14.5. The number of nitrogens with one attached hydrogen (secondary N) is 1. The van der Waals surface area contributed by atoms with Gasteiger partial charge in [-0.25, -0.2) is 0 Å². The molecule has 2 rings (SSSR count). The van der Waals surface area contributed by atoms with Gasteiger partial charge < -0.3 is 5.32 Å². The van der Waals surface area contributed by atoms with Crippen molar-refractivity contribution in [3.8, 4) is 0 Å². The first kappa shape index (κ1) is 17.3. The highest BCUT2D eigenvalue weighted by Gasteiger charge is 2.28. The minimum atomic E-state index is 0.0380. The number of hydrogen-bond donors (Lipinski definition) is 1. The van der Waals surface area contributed by atoms with E-state index in [0.29, 0.717) is 13.0 Å². The van der Waals surface area contributed by atoms with Crippen molar-refractivity contribution in [2.45, 2.75) is 51.5 Å². The van der Waals surface area contributed by atoms with Gasteiger partial charge in [0.2, 0.25) is 5.91 Å². The van der Waals surface area contributed by atoms with Crippen LogP contribution in [0.2, 0.25) is 5.02 Å². The number of piperidine rings is 1. The average Bonchev–Trinajstić information content (AvgIpc) is 2.53. The Bertz CT molecular complexity index is 478. The van der Waals surface area contributed by atoms with Gasteiger partial charge in [-0.05, 0) is 63.9 Å². The Kier molecular flexibility index (Phi) is 6.27. The van der Waals surface area contributed by atoms with Gasteiger partial charge in [-0.2, -0.15) is 0 Å². The predicted molar refractivity (Wildman–Crippen MR) is 92.3 cm³/mol. The molecule has 1 N–H and O–H groups in total. The lowest BCUT2D eigenvalue weighted by molar-refractivity contribution is -0.121. The van der Waals surface area contributed by atoms with Crippen LogP contribution in [-0.4, -0.2) is 36.0 Å². The van der Waals surface area contributed by atoms with Crippen LogP contribution >= 0.6 is 11.6 Å². The number of likely N-dealkylation sites (tertiary alicyclic amines) is 1. The third-order valence-electron chi connectivity index (χ3n) is 4.48. The standard InChI is InChI=1S/C18H27ClN2O/c1-18(2,21-12-4-3-5-13-21)14-20-17(22)11-8-15-6-9-16(19)10-7-15/h6-7,9-10H,3-5,8,11-14H2,1-2H3,(H,20,22). The summed E-state index contributed by atoms with van der Waals surface area (Å²) in [7, 11) is 0. The largest absolute Gasteiger partial charge is 0.354 e. The minimum absolute atomic E-state index is 0.0380. The molecule has 0 atom stereocenters. The van der Waals surface area contributed by atoms with E-state index in [1.165, 1.54) is 19.3 Å². The van der Waals surface area contributed by atoms with E-state index in [4.69, 9.17) is 11.6 Å². The number of aryl methyl sites for hydroxylation is 1. The van der Waals surface area contributed by atoms with E-state index in [1.807, 2.05) is 24.3 Å². The van der Waals surface area contributed by atoms with Gasteiger partial charge in [-0.15, -0.1) is 0 Å². The van der Waals surface area contributed by atoms with E-state index in [1.54, 1.807) is 0 Å². The second kappa shape index (κ2) is 7.98. The highest BCUT2D eigenvalue weighted by Crippen LogP contribution is 2.19. The summed E-state index contributed by atoms with van der Waals surface area (Å²) in [6, 6.07) is 7.70. The van der Waals surface area contributed by atoms with Crippen LogP contribution in [0.4, 0.5) is 0 Å². The lowest BCUT2D eigenvalue weighted by Gasteiger charge is -2.41. The highest BCUT2D eigenvalue weighted by atomic mass is 35.5. The summed E-state index contributed by atoms with van der Waals surface area (Å²) in [5, 5.41) is 3.83. The monoisotopic (exact) mass is 322 g/mol. The molecule has 1 amide bonds. The summed E-state index contributed by atoms with van der Waals surface area (Å²) >= 11 is 5.86. The quantitative estimate of drug-likeness (QED) is 0.867. The van der Waals surface area contributed by atoms with E-state index in [2.05, 4.69) is 24.1 Å². The zero-order valence-electron chi connectivity index (χ0n) is 13.7. The van der Waals surface area contributed by atoms with Crippen molar-refractivity contribution in [3.05, 3.63) is 34.9 Å². The first-order valence-electron chi connectivity index (χ1n) is 8.23. The second-order valence-corrected chi connectivity index (χ2v) is 7.20. The highest BCUT2D eigenvalue weighted by molar-refractivity contribution is 6.30. The van der Waals surface area contributed by atoms with Gasteiger partial charge in [0.1, 0.15) is 0 Å². The second-order valence-electron chi connectivity index (χ2n) is 6.76. The molecular weight excluding hydrogens is 296 g/mol. The fraction of sp³-hybridized carbons (Fsp3) is 0.611. The fourth-order valence-electron chi connectivity index (χ4n) is 2.92. The maximum atomic E-state index is 12.1. The maximum absolute atomic E-state index is 12.1. The molecule has 22 heavy (non-hydrogen) atoms. The smallest absolute Gasteiger partial charge is 0.220 e. The summed E-state index contributed by atoms with van der Waals surface area (Å²) in [5.74, 6) is 0.125. The molecule has 3 nitrogen and oxygen atoms in total. The Hall–Kier alpha value is -1.06. The molecule has 0 radical (unpaired) electrons. The summed E-state index contributed by atoms with van der Waals surface area (Å²) in [6.07, 6.45) is 5.16. The summed E-state index contributed by atoms with van der Waals surface area (Å²) in [4.78, 5) is 14.6. The molecule has 1 fully saturated rings. The van der Waals surface area contributed by atoms with Crippen LogP contribution in [0, 0.1) is 0 Å². The first-order valence-corrected chi connectivity index (χ1v) is 8.61. The van der Waals surface area contributed by atoms with Crippen molar-refractivity contribution in [2.75, 3.05) is 19.6 Å². The fourth-order valence-corrected chi connectivity index (χ4v) is 3.05. The molecule has 1 saturated heterocycles. The molecule has 1 aromatic carbocycles. The third kappa shape index (κ3) is 5.29. The van der Waals surface area contributed by atoms with Crippen LogP contribution in [0.5, 0.6) is 0 Å². The van der Waals surface area contributed by atoms with E-state index < -0.39 is 0 Å². The first-order chi connectivity index (χ1) is 10.5. The van der Waals surface area contributed by atoms with Crippen molar-refractivity contribution in [1.29, 1.82) is 0 Å². The van der Waals surface area contributed by atoms with Crippen LogP contribution in [0.1, 0.15) is 45.1 Å². The molecule has 0 aromatic heterocycles. The van der Waals surface area contributed by atoms with Crippen LogP contribution in [0.15, 0.2) is 24.3 Å². The van der Waals surface area contributed by atoms with Gasteiger partial charge in [0.15, 0.2) is 0 Å². The normalized spacial score (nSPS) is 16.5. The summed E-state index contributed by atoms with van der Waals surface area (Å²) in [5.41, 5.74) is 1.19. The Morgan fingerprint density at radius 3 is 2.45 bits per heavy atom. The van der Waals surface area contributed by atoms with Gasteiger partial charge >= 0.3 is 0 Å². The lowest BCUT2D eigenvalue weighted by atomic mass is 9.98. The van der Waals surface area contributed by atoms with E-state index in [0.717, 1.165) is 30.1 Å². The molecule has 0 saturated carbocycles. The Morgan fingerprint density at radius 2 is 1.82 bits per heavy atom. The molecule has 1 heterocycles. The number of carbonyl (C=O) groups excluding carboxylic acids is 1. The van der Waals surface area contributed by atoms with Crippen LogP contribution in [0.3, 0.4) is 0 Å². The van der Waals surface area contributed by atoms with E-state index >= 15 is 0 Å². The molecule has 4 heteroatoms. The summed E-state index contributed by atoms with van der Waals surface area (Å²) in [6.45, 7) is 7.45. The van der Waals surface area contributed by atoms with Gasteiger partial charge in [-0.1, -0.05) is 30.2 Å². The Morgan fingerprint density at radius 1 is 1.18 bits per heavy atom. The Labute approximate surface area is 139 Å². The van der Waals surface area contributed by atoms with Gasteiger partial charge in [-0.3, -0.25) is 9.69 Å². The molecule has 0 aliphatic carbocycles. The number of carbonyl (C=O) groups is 1. The number of hydrogen-bond acceptors (Lipinski definition) is 2. The van der Waals surface area contributed by atoms with Crippen molar-refractivity contribution in [1.82, 2.24) is 10.2 Å². The zero-order chi connectivity index (χ0) is 16.0. The van der Waals surface area contributed by atoms with Crippen LogP contribution < -0.4 is 5.32 Å². The molecular formula is C18H27ClN2O. The van der Waals surface area contributed by atoms with E-state index in [-0.39, 0.29) is 11.4 Å². The van der Waals surface area contributed by atoms with Crippen LogP contribution in [0.25, 0.3) is 0 Å². The van der Waals surface area contributed by atoms with Crippen molar-refractivity contribution >= 4 is 17.5 Å². The summed E-state index contributed by atoms with van der Waals surface area (Å²) < 4.78 is 0. The third-order valence-corrected chi connectivity index (χ3v) is 4.74. The van der Waals surface area contributed by atoms with Crippen molar-refractivity contribution in [2.24, 2.45) is 0 Å². The molecule has 1 aromatic rings. The van der Waals surface area contributed by atoms with Gasteiger partial charge in [0, 0.05) is 23.5 Å². The maximum Gasteiger partial charge on any atom is 0.220 e. The van der Waals surface area contributed by atoms with Crippen molar-refractivity contribution in [3.63, 3.8) is 0 Å². The minimum Gasteiger partial charge on any atom is -0.354 e. The van der Waals surface area contributed by atoms with E-state index in [9.17, 15) is 4.79 Å². The lowest BCUT2D eigenvalue weighted by Crippen LogP contribution is -2.53. The molecule has 1 aliphatic heterocycles. The van der Waals surface area contributed by atoms with Crippen molar-refractivity contribution < 1.29 is 4.79 Å². The number of nitrogens with zero attached hydrogens (tertiary/aromatic N) is 1. The average molecular weight is 323 g/mol. The van der Waals surface area contributed by atoms with Crippen LogP contribution in [-0.2, 0) is 11.2 Å². The molecule has 1 aliphatic rings. The number of rotatable bonds is 6. The van der Waals surface area contributed by atoms with Gasteiger partial charge in [0.05, 0.1) is 0 Å². The number of amides is 1.